The summed E-state index contributed by atoms with van der Waals surface area (Å²) in [5.74, 6) is 0.800. The molecule has 162 valence electrons. The smallest absolute Gasteiger partial charge is 0.251 e. The molecule has 1 atom stereocenters. The minimum Gasteiger partial charge on any atom is -0.340 e. The number of benzene rings is 2. The van der Waals surface area contributed by atoms with Crippen molar-refractivity contribution < 1.29 is 0 Å². The first-order valence-electron chi connectivity index (χ1n) is 10.6. The van der Waals surface area contributed by atoms with Crippen LogP contribution in [-0.4, -0.2) is 34.7 Å². The molecule has 0 spiro atoms. The molecule has 2 aromatic carbocycles. The van der Waals surface area contributed by atoms with Crippen LogP contribution in [0.25, 0.3) is 28.2 Å². The summed E-state index contributed by atoms with van der Waals surface area (Å²) in [4.78, 5) is 21.2. The number of tetrazole rings is 1. The first-order chi connectivity index (χ1) is 16.2. The maximum Gasteiger partial charge on any atom is 0.251 e. The average molecular weight is 456 g/mol. The monoisotopic (exact) mass is 455 g/mol. The molecule has 0 amide bonds. The predicted molar refractivity (Wildman–Crippen MR) is 124 cm³/mol. The Kier molecular flexibility index (Phi) is 4.66. The molecule has 0 saturated carbocycles. The molecule has 1 aliphatic rings. The molecular weight excluding hydrogens is 438 g/mol. The third kappa shape index (κ3) is 3.44. The van der Waals surface area contributed by atoms with Crippen LogP contribution in [0.5, 0.6) is 0 Å². The summed E-state index contributed by atoms with van der Waals surface area (Å²) < 4.78 is 3.42. The Labute approximate surface area is 193 Å². The number of pyridine rings is 1. The van der Waals surface area contributed by atoms with Gasteiger partial charge in [-0.3, -0.25) is 4.79 Å². The number of rotatable bonds is 4. The Hall–Kier alpha value is -4.04. The van der Waals surface area contributed by atoms with Crippen molar-refractivity contribution in [3.05, 3.63) is 100.0 Å². The van der Waals surface area contributed by atoms with Crippen molar-refractivity contribution in [2.24, 2.45) is 0 Å². The van der Waals surface area contributed by atoms with E-state index >= 15 is 0 Å². The van der Waals surface area contributed by atoms with Gasteiger partial charge in [0, 0.05) is 27.9 Å². The zero-order valence-electron chi connectivity index (χ0n) is 17.4. The van der Waals surface area contributed by atoms with E-state index in [0.717, 1.165) is 52.4 Å². The number of aromatic nitrogens is 7. The Bertz CT molecular complexity index is 1510. The summed E-state index contributed by atoms with van der Waals surface area (Å²) in [5, 5.41) is 12.0. The van der Waals surface area contributed by atoms with E-state index in [0.29, 0.717) is 5.02 Å². The molecule has 1 N–H and O–H groups in total. The summed E-state index contributed by atoms with van der Waals surface area (Å²) in [6.45, 7) is 0. The van der Waals surface area contributed by atoms with Crippen LogP contribution in [0.3, 0.4) is 0 Å². The molecule has 5 aromatic rings. The number of H-pyrrole nitrogens is 1. The van der Waals surface area contributed by atoms with Crippen LogP contribution in [-0.2, 0) is 6.42 Å². The molecule has 6 rings (SSSR count). The van der Waals surface area contributed by atoms with Crippen LogP contribution in [0, 0.1) is 0 Å². The molecule has 0 fully saturated rings. The van der Waals surface area contributed by atoms with Gasteiger partial charge in [0.15, 0.2) is 0 Å². The van der Waals surface area contributed by atoms with Gasteiger partial charge in [-0.15, -0.1) is 5.10 Å². The number of fused-ring (bicyclic) bond motifs is 1. The topological polar surface area (TPSA) is 94.3 Å². The SMILES string of the molecule is O=c1cc(-c2cc(Cl)ccc2-n2cnnn2)cc2n1[C@H](c1cnc(-c3ccccc3)[nH]1)CC2. The normalized spacial score (nSPS) is 15.0. The van der Waals surface area contributed by atoms with Crippen molar-refractivity contribution in [2.75, 3.05) is 0 Å². The van der Waals surface area contributed by atoms with E-state index < -0.39 is 0 Å². The van der Waals surface area contributed by atoms with Gasteiger partial charge in [0.25, 0.3) is 5.56 Å². The number of aromatic amines is 1. The highest BCUT2D eigenvalue weighted by Gasteiger charge is 2.27. The number of hydrogen-bond donors (Lipinski definition) is 1. The average Bonchev–Trinajstić information content (AvgIpc) is 3.60. The van der Waals surface area contributed by atoms with Crippen LogP contribution in [0.15, 0.2) is 78.0 Å². The second kappa shape index (κ2) is 7.83. The highest BCUT2D eigenvalue weighted by atomic mass is 35.5. The fourth-order valence-corrected chi connectivity index (χ4v) is 4.68. The molecule has 0 aliphatic carbocycles. The maximum absolute atomic E-state index is 13.3. The second-order valence-corrected chi connectivity index (χ2v) is 8.40. The lowest BCUT2D eigenvalue weighted by Gasteiger charge is -2.15. The number of imidazole rings is 1. The fraction of sp³-hybridized carbons (Fsp3) is 0.125. The van der Waals surface area contributed by atoms with Gasteiger partial charge in [-0.05, 0) is 53.1 Å². The Balaban J connectivity index is 1.40. The summed E-state index contributed by atoms with van der Waals surface area (Å²) in [6.07, 6.45) is 4.96. The fourth-order valence-electron chi connectivity index (χ4n) is 4.50. The van der Waals surface area contributed by atoms with Crippen LogP contribution in [0.2, 0.25) is 5.02 Å². The van der Waals surface area contributed by atoms with Gasteiger partial charge >= 0.3 is 0 Å². The number of hydrogen-bond acceptors (Lipinski definition) is 5. The largest absolute Gasteiger partial charge is 0.340 e. The third-order valence-electron chi connectivity index (χ3n) is 6.00. The van der Waals surface area contributed by atoms with Crippen LogP contribution >= 0.6 is 11.6 Å². The highest BCUT2D eigenvalue weighted by molar-refractivity contribution is 6.31. The van der Waals surface area contributed by atoms with E-state index in [1.807, 2.05) is 53.2 Å². The highest BCUT2D eigenvalue weighted by Crippen LogP contribution is 2.34. The van der Waals surface area contributed by atoms with E-state index in [2.05, 4.69) is 31.6 Å². The van der Waals surface area contributed by atoms with E-state index in [9.17, 15) is 4.79 Å². The summed E-state index contributed by atoms with van der Waals surface area (Å²) in [6, 6.07) is 19.0. The molecule has 1 aliphatic heterocycles. The lowest BCUT2D eigenvalue weighted by atomic mass is 10.0. The van der Waals surface area contributed by atoms with Crippen LogP contribution in [0.4, 0.5) is 0 Å². The van der Waals surface area contributed by atoms with Crippen LogP contribution < -0.4 is 5.56 Å². The molecule has 9 heteroatoms. The summed E-state index contributed by atoms with van der Waals surface area (Å²) in [7, 11) is 0. The van der Waals surface area contributed by atoms with Crippen molar-refractivity contribution in [3.63, 3.8) is 0 Å². The lowest BCUT2D eigenvalue weighted by molar-refractivity contribution is 0.588. The lowest BCUT2D eigenvalue weighted by Crippen LogP contribution is -2.23. The molecule has 8 nitrogen and oxygen atoms in total. The second-order valence-electron chi connectivity index (χ2n) is 7.97. The van der Waals surface area contributed by atoms with Gasteiger partial charge in [0.05, 0.1) is 23.6 Å². The standard InChI is InChI=1S/C24H18ClN7O/c25-17-6-8-21(31-14-27-29-30-31)19(12-17)16-10-18-7-9-22(32(18)23(33)11-16)20-13-26-24(28-20)15-4-2-1-3-5-15/h1-6,8,10-14,22H,7,9H2,(H,26,28)/t22-/m0/s1. The van der Waals surface area contributed by atoms with Gasteiger partial charge in [-0.1, -0.05) is 41.9 Å². The van der Waals surface area contributed by atoms with Gasteiger partial charge < -0.3 is 9.55 Å². The minimum absolute atomic E-state index is 0.0662. The number of nitrogens with zero attached hydrogens (tertiary/aromatic N) is 6. The quantitative estimate of drug-likeness (QED) is 0.441. The molecule has 0 radical (unpaired) electrons. The number of halogens is 1. The van der Waals surface area contributed by atoms with E-state index in [4.69, 9.17) is 11.6 Å². The molecule has 0 saturated heterocycles. The predicted octanol–water partition coefficient (Wildman–Crippen LogP) is 4.07. The first kappa shape index (κ1) is 19.6. The van der Waals surface area contributed by atoms with Crippen molar-refractivity contribution in [2.45, 2.75) is 18.9 Å². The van der Waals surface area contributed by atoms with Crippen molar-refractivity contribution in [3.8, 4) is 28.2 Å². The van der Waals surface area contributed by atoms with E-state index in [-0.39, 0.29) is 11.6 Å². The van der Waals surface area contributed by atoms with Gasteiger partial charge in [0.1, 0.15) is 12.2 Å². The molecule has 4 heterocycles. The molecule has 33 heavy (non-hydrogen) atoms. The van der Waals surface area contributed by atoms with Crippen molar-refractivity contribution in [1.29, 1.82) is 0 Å². The first-order valence-corrected chi connectivity index (χ1v) is 10.9. The number of nitrogens with one attached hydrogen (secondary N) is 1. The Morgan fingerprint density at radius 2 is 1.91 bits per heavy atom. The van der Waals surface area contributed by atoms with Gasteiger partial charge in [0.2, 0.25) is 0 Å². The van der Waals surface area contributed by atoms with Crippen molar-refractivity contribution in [1.82, 2.24) is 34.7 Å². The Morgan fingerprint density at radius 3 is 2.73 bits per heavy atom. The Morgan fingerprint density at radius 1 is 1.03 bits per heavy atom. The molecular formula is C24H18ClN7O. The zero-order chi connectivity index (χ0) is 22.4. The summed E-state index contributed by atoms with van der Waals surface area (Å²) in [5.41, 5.74) is 5.19. The molecule has 0 bridgehead atoms. The van der Waals surface area contributed by atoms with E-state index in [1.54, 1.807) is 16.8 Å². The van der Waals surface area contributed by atoms with E-state index in [1.165, 1.54) is 6.33 Å². The minimum atomic E-state index is -0.0788. The molecule has 0 unspecified atom stereocenters. The third-order valence-corrected chi connectivity index (χ3v) is 6.24. The summed E-state index contributed by atoms with van der Waals surface area (Å²) >= 11 is 6.29. The molecule has 3 aromatic heterocycles. The van der Waals surface area contributed by atoms with Gasteiger partial charge in [-0.2, -0.15) is 4.68 Å². The number of aryl methyl sites for hydroxylation is 1. The zero-order valence-corrected chi connectivity index (χ0v) is 18.1. The van der Waals surface area contributed by atoms with Gasteiger partial charge in [-0.25, -0.2) is 4.98 Å². The van der Waals surface area contributed by atoms with Crippen molar-refractivity contribution >= 4 is 11.6 Å². The van der Waals surface area contributed by atoms with Crippen LogP contribution in [0.1, 0.15) is 23.9 Å². The maximum atomic E-state index is 13.3.